The van der Waals surface area contributed by atoms with Gasteiger partial charge >= 0.3 is 0 Å². The first kappa shape index (κ1) is 50.7. The normalized spacial score (nSPS) is 18.2. The number of anilines is 9. The Bertz CT molecular complexity index is 4140. The molecule has 0 fully saturated rings. The molecule has 8 aromatic carbocycles. The minimum absolute atomic E-state index is 0.0121. The molecule has 4 nitrogen and oxygen atoms in total. The highest BCUT2D eigenvalue weighted by atomic mass is 16.3. The smallest absolute Gasteiger partial charge is 0.252 e. The van der Waals surface area contributed by atoms with Crippen LogP contribution in [0.3, 0.4) is 0 Å². The third kappa shape index (κ3) is 8.51. The van der Waals surface area contributed by atoms with Crippen LogP contribution in [0, 0.1) is 6.85 Å². The number of nitrogens with zero attached hydrogens (tertiary/aromatic N) is 3. The minimum atomic E-state index is -2.45. The molecule has 418 valence electrons. The second-order valence-corrected chi connectivity index (χ2v) is 30.6. The molecule has 0 radical (unpaired) electrons. The summed E-state index contributed by atoms with van der Waals surface area (Å²) in [5.74, 6) is 0. The number of furan rings is 1. The fraction of sp³-hybridized carbons (Fsp3) is 0.377. The highest BCUT2D eigenvalue weighted by Crippen LogP contribution is 2.55. The lowest BCUT2D eigenvalue weighted by Crippen LogP contribution is -2.62. The maximum absolute atomic E-state index is 9.46. The maximum atomic E-state index is 9.46. The van der Waals surface area contributed by atoms with E-state index in [4.69, 9.17) is 4.42 Å². The Morgan fingerprint density at radius 2 is 0.988 bits per heavy atom. The summed E-state index contributed by atoms with van der Waals surface area (Å²) in [7, 11) is 0. The number of para-hydroxylation sites is 1. The topological polar surface area (TPSA) is 22.9 Å². The SMILES string of the molecule is [2H]C([2H])([2H])c1cc2c3c(c1)N(c1ccc(C(C)(C)C)c4c1oc1ccccc14)c1cc(N(c4ccc(C(C)(C)C)cc4)c4ccc(C(C)(C)C)cc4)ccc1B3c1cc3c(cc1N2c1ccc2c(c1)C(C)(C)CCC2(C)C)C(C)(C)CCC3(C)C. The molecule has 0 unspecified atom stereocenters. The summed E-state index contributed by atoms with van der Waals surface area (Å²) in [6, 6.07) is 54.5. The van der Waals surface area contributed by atoms with E-state index >= 15 is 0 Å². The van der Waals surface area contributed by atoms with Crippen molar-refractivity contribution in [3.8, 4) is 0 Å². The molecule has 9 aromatic rings. The van der Waals surface area contributed by atoms with E-state index < -0.39 is 6.85 Å². The first-order valence-electron chi connectivity index (χ1n) is 31.9. The lowest BCUT2D eigenvalue weighted by Gasteiger charge is -2.48. The van der Waals surface area contributed by atoms with Gasteiger partial charge < -0.3 is 19.1 Å². The van der Waals surface area contributed by atoms with Crippen molar-refractivity contribution in [2.45, 2.75) is 188 Å². The average Bonchev–Trinajstić information content (AvgIpc) is 0.982. The van der Waals surface area contributed by atoms with Gasteiger partial charge in [0, 0.05) is 60.4 Å². The van der Waals surface area contributed by atoms with Gasteiger partial charge in [-0.05, 0) is 210 Å². The van der Waals surface area contributed by atoms with Crippen molar-refractivity contribution in [2.75, 3.05) is 14.7 Å². The van der Waals surface area contributed by atoms with E-state index in [9.17, 15) is 4.11 Å². The molecule has 0 amide bonds. The lowest BCUT2D eigenvalue weighted by molar-refractivity contribution is 0.332. The second kappa shape index (κ2) is 18.0. The summed E-state index contributed by atoms with van der Waals surface area (Å²) in [5.41, 5.74) is 22.9. The van der Waals surface area contributed by atoms with Crippen molar-refractivity contribution in [1.82, 2.24) is 0 Å². The van der Waals surface area contributed by atoms with E-state index in [-0.39, 0.29) is 44.6 Å². The summed E-state index contributed by atoms with van der Waals surface area (Å²) in [5, 5.41) is 2.13. The van der Waals surface area contributed by atoms with Crippen molar-refractivity contribution in [3.05, 3.63) is 190 Å². The van der Waals surface area contributed by atoms with Crippen LogP contribution in [0.25, 0.3) is 21.9 Å². The highest BCUT2D eigenvalue weighted by Gasteiger charge is 2.48. The van der Waals surface area contributed by atoms with Crippen molar-refractivity contribution in [2.24, 2.45) is 0 Å². The molecular weight excluding hydrogens is 994 g/mol. The van der Waals surface area contributed by atoms with E-state index in [1.54, 1.807) is 0 Å². The zero-order valence-electron chi connectivity index (χ0n) is 55.0. The van der Waals surface area contributed by atoms with Gasteiger partial charge in [0.1, 0.15) is 5.58 Å². The van der Waals surface area contributed by atoms with Gasteiger partial charge in [0.2, 0.25) is 0 Å². The van der Waals surface area contributed by atoms with Gasteiger partial charge in [-0.3, -0.25) is 0 Å². The summed E-state index contributed by atoms with van der Waals surface area (Å²) >= 11 is 0. The molecule has 5 heteroatoms. The van der Waals surface area contributed by atoms with E-state index in [1.807, 2.05) is 12.1 Å². The van der Waals surface area contributed by atoms with Crippen molar-refractivity contribution >= 4 is 96.2 Å². The molecule has 0 N–H and O–H groups in total. The van der Waals surface area contributed by atoms with Crippen LogP contribution in [0.1, 0.15) is 192 Å². The third-order valence-electron chi connectivity index (χ3n) is 19.9. The number of hydrogen-bond donors (Lipinski definition) is 0. The molecule has 0 atom stereocenters. The maximum Gasteiger partial charge on any atom is 0.252 e. The molecule has 1 aromatic heterocycles. The number of hydrogen-bond acceptors (Lipinski definition) is 4. The van der Waals surface area contributed by atoms with E-state index in [0.717, 1.165) is 110 Å². The molecule has 2 aliphatic carbocycles. The van der Waals surface area contributed by atoms with Gasteiger partial charge in [0.05, 0.1) is 5.69 Å². The Labute approximate surface area is 495 Å². The van der Waals surface area contributed by atoms with Crippen molar-refractivity contribution < 1.29 is 8.53 Å². The third-order valence-corrected chi connectivity index (χ3v) is 19.9. The average molecular weight is 1080 g/mol. The molecule has 13 rings (SSSR count). The molecule has 82 heavy (non-hydrogen) atoms. The molecule has 0 bridgehead atoms. The Morgan fingerprint density at radius 1 is 0.463 bits per heavy atom. The lowest BCUT2D eigenvalue weighted by atomic mass is 9.33. The first-order chi connectivity index (χ1) is 39.6. The fourth-order valence-electron chi connectivity index (χ4n) is 14.7. The minimum Gasteiger partial charge on any atom is -0.454 e. The molecular formula is C77H86BN3O. The summed E-state index contributed by atoms with van der Waals surface area (Å²) in [6.07, 6.45) is 4.34. The van der Waals surface area contributed by atoms with Gasteiger partial charge in [0.15, 0.2) is 5.58 Å². The zero-order chi connectivity index (χ0) is 60.7. The molecule has 0 spiro atoms. The van der Waals surface area contributed by atoms with Gasteiger partial charge in [0.25, 0.3) is 6.71 Å². The quantitative estimate of drug-likeness (QED) is 0.160. The van der Waals surface area contributed by atoms with Crippen LogP contribution in [0.2, 0.25) is 0 Å². The first-order valence-corrected chi connectivity index (χ1v) is 30.4. The standard InChI is InChI=1S/C77H86BN3O/c1-47-41-65-69-66(42-47)81(62-36-34-56(73(8,9)10)68-54-21-19-20-22-67(54)82-70(62)68)63-44-53(79(50-27-23-48(24-28-50)71(2,3)4)51-29-25-49(26-30-51)72(5,6)7)32-35-60(63)78(69)61-45-58-59(77(17,18)40-39-76(58,15)16)46-64(61)80(65)52-31-33-55-57(43-52)75(13,14)38-37-74(55,11)12/h19-36,41-46H,37-40H2,1-18H3/i1D3. The second-order valence-electron chi connectivity index (χ2n) is 30.6. The van der Waals surface area contributed by atoms with Gasteiger partial charge in [-0.15, -0.1) is 0 Å². The molecule has 0 saturated carbocycles. The zero-order valence-corrected chi connectivity index (χ0v) is 52.0. The van der Waals surface area contributed by atoms with Crippen LogP contribution in [0.4, 0.5) is 51.2 Å². The van der Waals surface area contributed by atoms with Crippen LogP contribution < -0.4 is 31.1 Å². The summed E-state index contributed by atoms with van der Waals surface area (Å²) < 4.78 is 35.6. The van der Waals surface area contributed by atoms with Crippen molar-refractivity contribution in [1.29, 1.82) is 0 Å². The highest BCUT2D eigenvalue weighted by molar-refractivity contribution is 7.00. The van der Waals surface area contributed by atoms with Crippen molar-refractivity contribution in [3.63, 3.8) is 0 Å². The van der Waals surface area contributed by atoms with Crippen LogP contribution in [-0.4, -0.2) is 6.71 Å². The van der Waals surface area contributed by atoms with E-state index in [0.29, 0.717) is 5.56 Å². The van der Waals surface area contributed by atoms with Crippen LogP contribution in [0.15, 0.2) is 150 Å². The van der Waals surface area contributed by atoms with Gasteiger partial charge in [-0.2, -0.15) is 0 Å². The predicted molar refractivity (Wildman–Crippen MR) is 354 cm³/mol. The Kier molecular flexibility index (Phi) is 11.1. The monoisotopic (exact) mass is 1080 g/mol. The number of benzene rings is 8. The molecule has 0 saturated heterocycles. The predicted octanol–water partition coefficient (Wildman–Crippen LogP) is 20.0. The van der Waals surface area contributed by atoms with Crippen LogP contribution in [-0.2, 0) is 37.9 Å². The van der Waals surface area contributed by atoms with Crippen LogP contribution in [0.5, 0.6) is 0 Å². The molecule has 4 aliphatic rings. The van der Waals surface area contributed by atoms with Gasteiger partial charge in [-0.1, -0.05) is 184 Å². The molecule has 3 heterocycles. The Hall–Kier alpha value is -6.98. The Balaban J connectivity index is 1.17. The number of rotatable bonds is 5. The molecule has 2 aliphatic heterocycles. The summed E-state index contributed by atoms with van der Waals surface area (Å²) in [6.45, 7) is 37.0. The fourth-order valence-corrected chi connectivity index (χ4v) is 14.7. The van der Waals surface area contributed by atoms with Crippen LogP contribution >= 0.6 is 0 Å². The number of fused-ring (bicyclic) bond motifs is 9. The van der Waals surface area contributed by atoms with E-state index in [2.05, 4.69) is 266 Å². The number of aryl methyl sites for hydroxylation is 1. The Morgan fingerprint density at radius 3 is 1.56 bits per heavy atom. The largest absolute Gasteiger partial charge is 0.454 e. The van der Waals surface area contributed by atoms with Gasteiger partial charge in [-0.25, -0.2) is 0 Å². The summed E-state index contributed by atoms with van der Waals surface area (Å²) in [4.78, 5) is 7.25. The van der Waals surface area contributed by atoms with E-state index in [1.165, 1.54) is 44.4 Å².